The van der Waals surface area contributed by atoms with Crippen molar-refractivity contribution in [3.63, 3.8) is 0 Å². The van der Waals surface area contributed by atoms with Crippen LogP contribution in [-0.4, -0.2) is 25.3 Å². The molecule has 0 fully saturated rings. The van der Waals surface area contributed by atoms with Gasteiger partial charge in [-0.05, 0) is 82.8 Å². The molecule has 1 N–H and O–H groups in total. The molecule has 0 aliphatic carbocycles. The molecular formula is C32H37FO5. The van der Waals surface area contributed by atoms with Gasteiger partial charge in [0.05, 0.1) is 19.1 Å². The molecule has 0 radical (unpaired) electrons. The van der Waals surface area contributed by atoms with Gasteiger partial charge >= 0.3 is 5.97 Å². The van der Waals surface area contributed by atoms with Gasteiger partial charge in [-0.3, -0.25) is 4.79 Å². The number of methoxy groups -OCH3 is 2. The summed E-state index contributed by atoms with van der Waals surface area (Å²) >= 11 is 0. The highest BCUT2D eigenvalue weighted by atomic mass is 19.1. The predicted molar refractivity (Wildman–Crippen MR) is 146 cm³/mol. The van der Waals surface area contributed by atoms with Gasteiger partial charge in [0.25, 0.3) is 0 Å². The zero-order valence-corrected chi connectivity index (χ0v) is 23.0. The minimum absolute atomic E-state index is 0.185. The van der Waals surface area contributed by atoms with Crippen LogP contribution < -0.4 is 9.47 Å². The minimum atomic E-state index is -0.812. The van der Waals surface area contributed by atoms with Crippen LogP contribution >= 0.6 is 0 Å². The second kappa shape index (κ2) is 11.2. The summed E-state index contributed by atoms with van der Waals surface area (Å²) in [6, 6.07) is 16.8. The molecular weight excluding hydrogens is 483 g/mol. The van der Waals surface area contributed by atoms with Crippen LogP contribution in [-0.2, 0) is 22.4 Å². The number of carbonyl (C=O) groups is 1. The van der Waals surface area contributed by atoms with E-state index in [2.05, 4.69) is 26.8 Å². The maximum atomic E-state index is 15.1. The molecule has 0 aromatic heterocycles. The Hall–Kier alpha value is -3.38. The molecule has 38 heavy (non-hydrogen) atoms. The van der Waals surface area contributed by atoms with Gasteiger partial charge in [0.2, 0.25) is 0 Å². The molecule has 4 rings (SSSR count). The summed E-state index contributed by atoms with van der Waals surface area (Å²) in [7, 11) is 3.25. The lowest BCUT2D eigenvalue weighted by Gasteiger charge is -2.33. The summed E-state index contributed by atoms with van der Waals surface area (Å²) in [5.41, 5.74) is 4.92. The van der Waals surface area contributed by atoms with Crippen molar-refractivity contribution in [2.45, 2.75) is 59.2 Å². The maximum Gasteiger partial charge on any atom is 0.306 e. The molecule has 5 nitrogen and oxygen atoms in total. The van der Waals surface area contributed by atoms with Crippen molar-refractivity contribution in [1.82, 2.24) is 0 Å². The molecule has 1 aliphatic rings. The predicted octanol–water partition coefficient (Wildman–Crippen LogP) is 7.56. The molecule has 2 unspecified atom stereocenters. The Morgan fingerprint density at radius 2 is 1.84 bits per heavy atom. The average molecular weight is 521 g/mol. The molecule has 3 aromatic carbocycles. The first-order valence-electron chi connectivity index (χ1n) is 13.0. The van der Waals surface area contributed by atoms with Crippen LogP contribution in [0.2, 0.25) is 0 Å². The van der Waals surface area contributed by atoms with Crippen LogP contribution in [0.25, 0.3) is 11.1 Å². The van der Waals surface area contributed by atoms with E-state index in [1.54, 1.807) is 33.3 Å². The van der Waals surface area contributed by atoms with Crippen LogP contribution in [0.3, 0.4) is 0 Å². The molecule has 0 amide bonds. The minimum Gasteiger partial charge on any atom is -0.497 e. The van der Waals surface area contributed by atoms with E-state index in [9.17, 15) is 9.90 Å². The van der Waals surface area contributed by atoms with Crippen LogP contribution in [0.15, 0.2) is 54.6 Å². The normalized spacial score (nSPS) is 16.8. The standard InChI is InChI=1S/C32H37FO5/c1-19(31(34)35)15-20-7-8-21-10-14-28(38-29(21)16-20)22-9-12-24(25-18-23(36-5)11-13-27(25)33)26(17-22)30(37-6)32(2,3)4/h7-9,11-13,16-19,28,30H,10,14-15H2,1-6H3,(H,34,35)/t19-,28?,30?/m0/s1. The van der Waals surface area contributed by atoms with Crippen molar-refractivity contribution in [3.05, 3.63) is 82.7 Å². The topological polar surface area (TPSA) is 65.0 Å². The third-order valence-corrected chi connectivity index (χ3v) is 7.26. The fraction of sp³-hybridized carbons (Fsp3) is 0.406. The molecule has 6 heteroatoms. The number of fused-ring (bicyclic) bond motifs is 1. The number of carboxylic acid groups (broad SMARTS) is 1. The highest BCUT2D eigenvalue weighted by molar-refractivity contribution is 5.71. The van der Waals surface area contributed by atoms with Crippen molar-refractivity contribution >= 4 is 5.97 Å². The van der Waals surface area contributed by atoms with Gasteiger partial charge in [-0.15, -0.1) is 0 Å². The molecule has 0 spiro atoms. The Kier molecular flexibility index (Phi) is 8.12. The van der Waals surface area contributed by atoms with E-state index in [0.29, 0.717) is 17.7 Å². The molecule has 3 aromatic rings. The second-order valence-corrected chi connectivity index (χ2v) is 11.2. The van der Waals surface area contributed by atoms with Crippen molar-refractivity contribution in [2.75, 3.05) is 14.2 Å². The van der Waals surface area contributed by atoms with Crippen LogP contribution in [0, 0.1) is 17.2 Å². The number of benzene rings is 3. The molecule has 1 aliphatic heterocycles. The SMILES string of the molecule is COc1ccc(F)c(-c2ccc(C3CCc4ccc(C[C@H](C)C(=O)O)cc4O3)cc2C(OC)C(C)(C)C)c1. The third-order valence-electron chi connectivity index (χ3n) is 7.26. The van der Waals surface area contributed by atoms with E-state index >= 15 is 4.39 Å². The number of carboxylic acids is 1. The average Bonchev–Trinajstić information content (AvgIpc) is 2.88. The van der Waals surface area contributed by atoms with Crippen molar-refractivity contribution < 1.29 is 28.5 Å². The first-order valence-corrected chi connectivity index (χ1v) is 13.0. The number of hydrogen-bond acceptors (Lipinski definition) is 4. The summed E-state index contributed by atoms with van der Waals surface area (Å²) in [5.74, 6) is -0.230. The highest BCUT2D eigenvalue weighted by Crippen LogP contribution is 2.44. The fourth-order valence-electron chi connectivity index (χ4n) is 5.24. The Labute approximate surface area is 224 Å². The smallest absolute Gasteiger partial charge is 0.306 e. The molecule has 0 saturated carbocycles. The van der Waals surface area contributed by atoms with E-state index in [1.165, 1.54) is 6.07 Å². The summed E-state index contributed by atoms with van der Waals surface area (Å²) in [6.07, 6.45) is 1.63. The van der Waals surface area contributed by atoms with E-state index in [1.807, 2.05) is 30.3 Å². The van der Waals surface area contributed by atoms with Gasteiger partial charge in [-0.25, -0.2) is 4.39 Å². The second-order valence-electron chi connectivity index (χ2n) is 11.2. The molecule has 0 saturated heterocycles. The molecule has 0 bridgehead atoms. The summed E-state index contributed by atoms with van der Waals surface area (Å²) < 4.78 is 32.9. The fourth-order valence-corrected chi connectivity index (χ4v) is 5.24. The van der Waals surface area contributed by atoms with Gasteiger partial charge in [0.1, 0.15) is 23.4 Å². The monoisotopic (exact) mass is 520 g/mol. The Bertz CT molecular complexity index is 1310. The van der Waals surface area contributed by atoms with Crippen molar-refractivity contribution in [3.8, 4) is 22.6 Å². The number of aliphatic carboxylic acids is 1. The molecule has 202 valence electrons. The number of ether oxygens (including phenoxy) is 3. The Morgan fingerprint density at radius 3 is 2.50 bits per heavy atom. The maximum absolute atomic E-state index is 15.1. The van der Waals surface area contributed by atoms with Crippen molar-refractivity contribution in [2.24, 2.45) is 11.3 Å². The van der Waals surface area contributed by atoms with Gasteiger partial charge < -0.3 is 19.3 Å². The van der Waals surface area contributed by atoms with Gasteiger partial charge in [-0.2, -0.15) is 0 Å². The number of rotatable bonds is 8. The van der Waals surface area contributed by atoms with Gasteiger partial charge in [0, 0.05) is 12.7 Å². The van der Waals surface area contributed by atoms with Crippen LogP contribution in [0.5, 0.6) is 11.5 Å². The van der Waals surface area contributed by atoms with Crippen LogP contribution in [0.4, 0.5) is 4.39 Å². The zero-order chi connectivity index (χ0) is 27.6. The summed E-state index contributed by atoms with van der Waals surface area (Å²) in [5, 5.41) is 9.30. The van der Waals surface area contributed by atoms with E-state index in [-0.39, 0.29) is 23.4 Å². The largest absolute Gasteiger partial charge is 0.497 e. The van der Waals surface area contributed by atoms with Crippen molar-refractivity contribution in [1.29, 1.82) is 0 Å². The van der Waals surface area contributed by atoms with Crippen LogP contribution in [0.1, 0.15) is 68.6 Å². The number of aryl methyl sites for hydroxylation is 1. The van der Waals surface area contributed by atoms with E-state index in [4.69, 9.17) is 14.2 Å². The number of hydrogen-bond donors (Lipinski definition) is 1. The quantitative estimate of drug-likeness (QED) is 0.332. The first-order chi connectivity index (χ1) is 18.0. The molecule has 1 heterocycles. The summed E-state index contributed by atoms with van der Waals surface area (Å²) in [4.78, 5) is 11.3. The Balaban J connectivity index is 1.73. The summed E-state index contributed by atoms with van der Waals surface area (Å²) in [6.45, 7) is 8.02. The lowest BCUT2D eigenvalue weighted by Crippen LogP contribution is -2.22. The van der Waals surface area contributed by atoms with E-state index < -0.39 is 11.9 Å². The third kappa shape index (κ3) is 5.86. The van der Waals surface area contributed by atoms with Gasteiger partial charge in [0.15, 0.2) is 0 Å². The van der Waals surface area contributed by atoms with Gasteiger partial charge in [-0.1, -0.05) is 52.0 Å². The Morgan fingerprint density at radius 1 is 1.08 bits per heavy atom. The molecule has 3 atom stereocenters. The van der Waals surface area contributed by atoms with E-state index in [0.717, 1.165) is 46.4 Å². The first kappa shape index (κ1) is 27.6. The number of halogens is 1. The highest BCUT2D eigenvalue weighted by Gasteiger charge is 2.31. The zero-order valence-electron chi connectivity index (χ0n) is 23.0. The lowest BCUT2D eigenvalue weighted by molar-refractivity contribution is -0.141. The lowest BCUT2D eigenvalue weighted by atomic mass is 9.80.